The fourth-order valence-electron chi connectivity index (χ4n) is 3.93. The van der Waals surface area contributed by atoms with E-state index in [1.165, 1.54) is 23.1 Å². The van der Waals surface area contributed by atoms with Gasteiger partial charge < -0.3 is 10.5 Å². The van der Waals surface area contributed by atoms with Gasteiger partial charge in [0.15, 0.2) is 6.10 Å². The molecular weight excluding hydrogens is 390 g/mol. The quantitative estimate of drug-likeness (QED) is 0.558. The summed E-state index contributed by atoms with van der Waals surface area (Å²) in [6, 6.07) is 2.98. The monoisotopic (exact) mass is 415 g/mol. The number of ether oxygens (including phenoxy) is 1. The van der Waals surface area contributed by atoms with Crippen LogP contribution in [0.3, 0.4) is 0 Å². The van der Waals surface area contributed by atoms with Gasteiger partial charge in [0.2, 0.25) is 0 Å². The minimum absolute atomic E-state index is 0.0397. The Bertz CT molecular complexity index is 904. The van der Waals surface area contributed by atoms with E-state index in [0.29, 0.717) is 0 Å². The van der Waals surface area contributed by atoms with Gasteiger partial charge in [-0.3, -0.25) is 24.6 Å². The van der Waals surface area contributed by atoms with Gasteiger partial charge in [-0.25, -0.2) is 9.59 Å². The highest BCUT2D eigenvalue weighted by Gasteiger charge is 2.40. The van der Waals surface area contributed by atoms with Crippen LogP contribution in [-0.4, -0.2) is 46.8 Å². The lowest BCUT2D eigenvalue weighted by Crippen LogP contribution is -2.45. The van der Waals surface area contributed by atoms with Crippen LogP contribution in [0.2, 0.25) is 0 Å². The van der Waals surface area contributed by atoms with Crippen molar-refractivity contribution in [3.8, 4) is 0 Å². The van der Waals surface area contributed by atoms with Crippen LogP contribution < -0.4 is 11.1 Å². The second-order valence-electron chi connectivity index (χ2n) is 7.96. The summed E-state index contributed by atoms with van der Waals surface area (Å²) in [5.41, 5.74) is 5.41. The van der Waals surface area contributed by atoms with Gasteiger partial charge in [0.05, 0.1) is 16.7 Å². The second kappa shape index (κ2) is 8.64. The molecule has 0 radical (unpaired) electrons. The lowest BCUT2D eigenvalue weighted by molar-refractivity contribution is -0.130. The summed E-state index contributed by atoms with van der Waals surface area (Å²) < 4.78 is 5.26. The first-order valence-electron chi connectivity index (χ1n) is 10.0. The van der Waals surface area contributed by atoms with Gasteiger partial charge in [-0.15, -0.1) is 0 Å². The first-order chi connectivity index (χ1) is 14.2. The molecule has 0 spiro atoms. The maximum atomic E-state index is 12.9. The summed E-state index contributed by atoms with van der Waals surface area (Å²) in [6.07, 6.45) is 3.36. The molecule has 1 heterocycles. The zero-order valence-electron chi connectivity index (χ0n) is 17.0. The van der Waals surface area contributed by atoms with E-state index < -0.39 is 35.8 Å². The normalized spacial score (nSPS) is 17.6. The van der Waals surface area contributed by atoms with E-state index in [1.807, 2.05) is 5.32 Å². The maximum absolute atomic E-state index is 12.9. The third-order valence-corrected chi connectivity index (χ3v) is 5.44. The first kappa shape index (κ1) is 21.5. The molecule has 0 saturated heterocycles. The molecule has 160 valence electrons. The molecule has 30 heavy (non-hydrogen) atoms. The largest absolute Gasteiger partial charge is 0.448 e. The number of primary amides is 1. The number of fused-ring (bicyclic) bond motifs is 1. The molecule has 1 unspecified atom stereocenters. The number of benzene rings is 1. The fraction of sp³-hybridized carbons (Fsp3) is 0.476. The minimum Gasteiger partial charge on any atom is -0.448 e. The van der Waals surface area contributed by atoms with Gasteiger partial charge in [0.1, 0.15) is 0 Å². The van der Waals surface area contributed by atoms with E-state index in [-0.39, 0.29) is 28.6 Å². The van der Waals surface area contributed by atoms with E-state index in [4.69, 9.17) is 10.5 Å². The predicted octanol–water partition coefficient (Wildman–Crippen LogP) is 1.99. The summed E-state index contributed by atoms with van der Waals surface area (Å²) >= 11 is 0. The number of urea groups is 1. The van der Waals surface area contributed by atoms with Gasteiger partial charge in [-0.1, -0.05) is 33.1 Å². The van der Waals surface area contributed by atoms with E-state index in [0.717, 1.165) is 32.1 Å². The lowest BCUT2D eigenvalue weighted by atomic mass is 9.94. The maximum Gasteiger partial charge on any atom is 0.338 e. The Balaban J connectivity index is 1.80. The van der Waals surface area contributed by atoms with Crippen LogP contribution in [0.5, 0.6) is 0 Å². The summed E-state index contributed by atoms with van der Waals surface area (Å²) in [7, 11) is 0. The molecule has 1 atom stereocenters. The zero-order chi connectivity index (χ0) is 22.0. The van der Waals surface area contributed by atoms with Gasteiger partial charge in [0, 0.05) is 6.04 Å². The molecular formula is C21H25N3O6. The van der Waals surface area contributed by atoms with Crippen molar-refractivity contribution in [2.24, 2.45) is 11.7 Å². The van der Waals surface area contributed by atoms with Crippen molar-refractivity contribution in [2.45, 2.75) is 58.1 Å². The van der Waals surface area contributed by atoms with Crippen molar-refractivity contribution in [3.05, 3.63) is 34.9 Å². The zero-order valence-corrected chi connectivity index (χ0v) is 17.0. The molecule has 9 nitrogen and oxygen atoms in total. The number of nitrogens with zero attached hydrogens (tertiary/aromatic N) is 1. The van der Waals surface area contributed by atoms with Crippen LogP contribution >= 0.6 is 0 Å². The number of hydrogen-bond acceptors (Lipinski definition) is 6. The molecule has 9 heteroatoms. The van der Waals surface area contributed by atoms with E-state index in [9.17, 15) is 24.0 Å². The van der Waals surface area contributed by atoms with Crippen molar-refractivity contribution in [1.82, 2.24) is 10.2 Å². The van der Waals surface area contributed by atoms with E-state index in [2.05, 4.69) is 0 Å². The average Bonchev–Trinajstić information content (AvgIpc) is 2.95. The SMILES string of the molecule is CC(C)C(OC(=O)c1ccc2c(c1)C(=O)N(C1CCCCC1)C2=O)C(=O)NC(N)=O. The molecule has 1 saturated carbocycles. The number of imide groups is 2. The standard InChI is InChI=1S/C21H25N3O6/c1-11(2)16(17(25)23-21(22)29)30-20(28)12-8-9-14-15(10-12)19(27)24(18(14)26)13-6-4-3-5-7-13/h8-11,13,16H,3-7H2,1-2H3,(H3,22,23,25,29). The molecule has 1 aliphatic carbocycles. The molecule has 1 aliphatic heterocycles. The van der Waals surface area contributed by atoms with E-state index >= 15 is 0 Å². The molecule has 1 fully saturated rings. The summed E-state index contributed by atoms with van der Waals surface area (Å²) in [6.45, 7) is 3.29. The first-order valence-corrected chi connectivity index (χ1v) is 10.0. The third-order valence-electron chi connectivity index (χ3n) is 5.44. The molecule has 0 bridgehead atoms. The molecule has 1 aromatic carbocycles. The predicted molar refractivity (Wildman–Crippen MR) is 106 cm³/mol. The number of carbonyl (C=O) groups is 5. The Morgan fingerprint density at radius 3 is 2.30 bits per heavy atom. The highest BCUT2D eigenvalue weighted by Crippen LogP contribution is 2.31. The van der Waals surface area contributed by atoms with Crippen LogP contribution in [0.15, 0.2) is 18.2 Å². The lowest BCUT2D eigenvalue weighted by Gasteiger charge is -2.29. The van der Waals surface area contributed by atoms with Crippen LogP contribution in [-0.2, 0) is 9.53 Å². The average molecular weight is 415 g/mol. The number of amides is 5. The molecule has 3 rings (SSSR count). The summed E-state index contributed by atoms with van der Waals surface area (Å²) in [4.78, 5) is 62.5. The summed E-state index contributed by atoms with van der Waals surface area (Å²) in [5, 5.41) is 1.89. The van der Waals surface area contributed by atoms with Crippen molar-refractivity contribution >= 4 is 29.7 Å². The number of hydrogen-bond donors (Lipinski definition) is 2. The number of esters is 1. The van der Waals surface area contributed by atoms with Crippen LogP contribution in [0.1, 0.15) is 77.0 Å². The second-order valence-corrected chi connectivity index (χ2v) is 7.96. The van der Waals surface area contributed by atoms with Crippen LogP contribution in [0.25, 0.3) is 0 Å². The number of nitrogens with one attached hydrogen (secondary N) is 1. The Morgan fingerprint density at radius 1 is 1.07 bits per heavy atom. The number of nitrogens with two attached hydrogens (primary N) is 1. The Morgan fingerprint density at radius 2 is 1.70 bits per heavy atom. The molecule has 0 aromatic heterocycles. The van der Waals surface area contributed by atoms with Gasteiger partial charge in [0.25, 0.3) is 17.7 Å². The topological polar surface area (TPSA) is 136 Å². The fourth-order valence-corrected chi connectivity index (χ4v) is 3.93. The van der Waals surface area contributed by atoms with Crippen molar-refractivity contribution in [1.29, 1.82) is 0 Å². The summed E-state index contributed by atoms with van der Waals surface area (Å²) in [5.74, 6) is -2.85. The smallest absolute Gasteiger partial charge is 0.338 e. The molecule has 5 amide bonds. The Hall–Kier alpha value is -3.23. The van der Waals surface area contributed by atoms with Crippen LogP contribution in [0.4, 0.5) is 4.79 Å². The van der Waals surface area contributed by atoms with Gasteiger partial charge >= 0.3 is 12.0 Å². The van der Waals surface area contributed by atoms with Gasteiger partial charge in [-0.05, 0) is 37.0 Å². The van der Waals surface area contributed by atoms with Gasteiger partial charge in [-0.2, -0.15) is 0 Å². The Labute approximate surface area is 173 Å². The minimum atomic E-state index is -1.24. The number of rotatable bonds is 5. The molecule has 1 aromatic rings. The van der Waals surface area contributed by atoms with E-state index in [1.54, 1.807) is 13.8 Å². The van der Waals surface area contributed by atoms with Crippen molar-refractivity contribution < 1.29 is 28.7 Å². The molecule has 2 aliphatic rings. The third kappa shape index (κ3) is 4.19. The highest BCUT2D eigenvalue weighted by molar-refractivity contribution is 6.22. The van der Waals surface area contributed by atoms with Crippen molar-refractivity contribution in [3.63, 3.8) is 0 Å². The van der Waals surface area contributed by atoms with Crippen LogP contribution in [0, 0.1) is 5.92 Å². The highest BCUT2D eigenvalue weighted by atomic mass is 16.5. The molecule has 3 N–H and O–H groups in total. The number of carbonyl (C=O) groups excluding carboxylic acids is 5. The van der Waals surface area contributed by atoms with Crippen molar-refractivity contribution in [2.75, 3.05) is 0 Å². The Kier molecular flexibility index (Phi) is 6.19.